The third-order valence-corrected chi connectivity index (χ3v) is 3.35. The molecule has 8 nitrogen and oxygen atoms in total. The van der Waals surface area contributed by atoms with Crippen molar-refractivity contribution < 1.29 is 29.8 Å². The molecule has 0 aliphatic rings. The summed E-state index contributed by atoms with van der Waals surface area (Å²) in [5.41, 5.74) is 0. The first-order chi connectivity index (χ1) is 12.7. The minimum atomic E-state index is -0.179. The Morgan fingerprint density at radius 1 is 0.577 bits per heavy atom. The fourth-order valence-electron chi connectivity index (χ4n) is 1.94. The van der Waals surface area contributed by atoms with Crippen molar-refractivity contribution in [2.75, 3.05) is 59.3 Å². The molecule has 0 aliphatic carbocycles. The van der Waals surface area contributed by atoms with E-state index in [2.05, 4.69) is 25.7 Å². The van der Waals surface area contributed by atoms with Crippen LogP contribution in [0.2, 0.25) is 0 Å². The number of hydrogen-bond acceptors (Lipinski definition) is 8. The van der Waals surface area contributed by atoms with Crippen molar-refractivity contribution in [2.45, 2.75) is 59.3 Å². The van der Waals surface area contributed by atoms with E-state index in [1.807, 2.05) is 0 Å². The molecule has 26 heavy (non-hydrogen) atoms. The summed E-state index contributed by atoms with van der Waals surface area (Å²) < 4.78 is 0. The van der Waals surface area contributed by atoms with Crippen molar-refractivity contribution in [3.05, 3.63) is 0 Å². The Morgan fingerprint density at radius 2 is 0.885 bits per heavy atom. The van der Waals surface area contributed by atoms with E-state index < -0.39 is 0 Å². The molecule has 8 heteroatoms. The van der Waals surface area contributed by atoms with Crippen LogP contribution >= 0.6 is 0 Å². The van der Waals surface area contributed by atoms with Crippen molar-refractivity contribution in [3.63, 3.8) is 0 Å². The van der Waals surface area contributed by atoms with Crippen LogP contribution in [0.1, 0.15) is 59.3 Å². The largest absolute Gasteiger partial charge is 0.394 e. The van der Waals surface area contributed by atoms with Crippen LogP contribution in [-0.4, -0.2) is 84.9 Å². The molecule has 0 aromatic heterocycles. The van der Waals surface area contributed by atoms with E-state index >= 15 is 0 Å². The van der Waals surface area contributed by atoms with Gasteiger partial charge in [0.15, 0.2) is 0 Å². The lowest BCUT2D eigenvalue weighted by atomic mass is 10.2. The first kappa shape index (κ1) is 27.9. The number of rotatable bonds is 18. The predicted octanol–water partition coefficient (Wildman–Crippen LogP) is 1.75. The highest BCUT2D eigenvalue weighted by atomic mass is 17.2. The molecule has 0 rings (SSSR count). The first-order valence-corrected chi connectivity index (χ1v) is 9.93. The van der Waals surface area contributed by atoms with Gasteiger partial charge in [0, 0.05) is 0 Å². The Bertz CT molecular complexity index is 188. The summed E-state index contributed by atoms with van der Waals surface area (Å²) in [4.78, 5) is 16.8. The molecule has 0 bridgehead atoms. The van der Waals surface area contributed by atoms with Crippen molar-refractivity contribution in [3.8, 4) is 0 Å². The maximum absolute atomic E-state index is 8.40. The van der Waals surface area contributed by atoms with Gasteiger partial charge in [-0.1, -0.05) is 40.0 Å². The van der Waals surface area contributed by atoms with E-state index in [4.69, 9.17) is 29.8 Å². The van der Waals surface area contributed by atoms with Crippen LogP contribution in [0.4, 0.5) is 0 Å². The van der Waals surface area contributed by atoms with Crippen LogP contribution in [0, 0.1) is 0 Å². The highest BCUT2D eigenvalue weighted by molar-refractivity contribution is 4.57. The normalized spacial score (nSPS) is 11.1. The second-order valence-corrected chi connectivity index (χ2v) is 5.80. The van der Waals surface area contributed by atoms with Gasteiger partial charge in [0.25, 0.3) is 0 Å². The average molecular weight is 383 g/mol. The van der Waals surface area contributed by atoms with Gasteiger partial charge in [-0.15, -0.1) is 0 Å². The van der Waals surface area contributed by atoms with E-state index in [0.717, 1.165) is 0 Å². The zero-order valence-corrected chi connectivity index (χ0v) is 17.1. The van der Waals surface area contributed by atoms with E-state index in [1.165, 1.54) is 58.2 Å². The predicted molar refractivity (Wildman–Crippen MR) is 102 cm³/mol. The SMILES string of the molecule is CCCCN(CCCC)CCCC.OCCON(OCCO)OCCO. The fourth-order valence-corrected chi connectivity index (χ4v) is 1.94. The molecule has 0 saturated carbocycles. The smallest absolute Gasteiger partial charge is 0.0967 e. The zero-order chi connectivity index (χ0) is 19.9. The van der Waals surface area contributed by atoms with Gasteiger partial charge in [-0.25, -0.2) is 14.5 Å². The number of aliphatic hydroxyl groups excluding tert-OH is 3. The summed E-state index contributed by atoms with van der Waals surface area (Å²) in [5.74, 6) is 0. The number of unbranched alkanes of at least 4 members (excludes halogenated alkanes) is 3. The number of nitrogens with zero attached hydrogens (tertiary/aromatic N) is 2. The quantitative estimate of drug-likeness (QED) is 0.309. The molecule has 0 amide bonds. The molecule has 0 aromatic rings. The van der Waals surface area contributed by atoms with Crippen molar-refractivity contribution >= 4 is 0 Å². The monoisotopic (exact) mass is 382 g/mol. The van der Waals surface area contributed by atoms with Gasteiger partial charge in [0.1, 0.15) is 0 Å². The lowest BCUT2D eigenvalue weighted by Crippen LogP contribution is -2.28. The summed E-state index contributed by atoms with van der Waals surface area (Å²) >= 11 is 0. The minimum Gasteiger partial charge on any atom is -0.394 e. The molecule has 0 unspecified atom stereocenters. The van der Waals surface area contributed by atoms with E-state index in [0.29, 0.717) is 5.39 Å². The molecule has 0 fully saturated rings. The van der Waals surface area contributed by atoms with E-state index in [-0.39, 0.29) is 39.6 Å². The lowest BCUT2D eigenvalue weighted by Gasteiger charge is -2.21. The molecule has 0 atom stereocenters. The molecular formula is C18H42N2O6. The van der Waals surface area contributed by atoms with Gasteiger partial charge in [-0.3, -0.25) is 0 Å². The maximum Gasteiger partial charge on any atom is 0.0967 e. The van der Waals surface area contributed by atoms with Gasteiger partial charge in [0.2, 0.25) is 0 Å². The molecule has 0 heterocycles. The Labute approximate surface area is 159 Å². The molecule has 160 valence electrons. The maximum atomic E-state index is 8.40. The van der Waals surface area contributed by atoms with Crippen LogP contribution in [0.3, 0.4) is 0 Å². The van der Waals surface area contributed by atoms with Crippen molar-refractivity contribution in [1.29, 1.82) is 0 Å². The Morgan fingerprint density at radius 3 is 1.12 bits per heavy atom. The summed E-state index contributed by atoms with van der Waals surface area (Å²) in [5, 5.41) is 25.9. The van der Waals surface area contributed by atoms with Crippen molar-refractivity contribution in [1.82, 2.24) is 10.3 Å². The number of aliphatic hydroxyl groups is 3. The van der Waals surface area contributed by atoms with Gasteiger partial charge in [-0.2, -0.15) is 0 Å². The Kier molecular flexibility index (Phi) is 26.5. The van der Waals surface area contributed by atoms with Crippen LogP contribution < -0.4 is 0 Å². The lowest BCUT2D eigenvalue weighted by molar-refractivity contribution is -0.527. The average Bonchev–Trinajstić information content (AvgIpc) is 2.67. The third kappa shape index (κ3) is 21.7. The highest BCUT2D eigenvalue weighted by Crippen LogP contribution is 2.01. The van der Waals surface area contributed by atoms with Gasteiger partial charge < -0.3 is 20.2 Å². The Hall–Kier alpha value is -0.320. The topological polar surface area (TPSA) is 94.9 Å². The van der Waals surface area contributed by atoms with Crippen LogP contribution in [0.5, 0.6) is 0 Å². The molecular weight excluding hydrogens is 340 g/mol. The molecule has 0 saturated heterocycles. The Balaban J connectivity index is 0. The van der Waals surface area contributed by atoms with Crippen molar-refractivity contribution in [2.24, 2.45) is 0 Å². The molecule has 0 spiro atoms. The van der Waals surface area contributed by atoms with Crippen LogP contribution in [-0.2, 0) is 14.5 Å². The standard InChI is InChI=1S/C12H27N.C6H15NO6/c1-4-7-10-13(11-8-5-2)12-9-6-3;8-1-4-11-7(12-5-2-9)13-6-3-10/h4-12H2,1-3H3;8-10H,1-6H2. The van der Waals surface area contributed by atoms with Gasteiger partial charge in [0.05, 0.1) is 45.0 Å². The molecule has 0 aliphatic heterocycles. The minimum absolute atomic E-state index is 0.0108. The highest BCUT2D eigenvalue weighted by Gasteiger charge is 2.05. The van der Waals surface area contributed by atoms with Crippen LogP contribution in [0.15, 0.2) is 0 Å². The molecule has 0 radical (unpaired) electrons. The third-order valence-electron chi connectivity index (χ3n) is 3.35. The molecule has 0 aromatic carbocycles. The fraction of sp³-hybridized carbons (Fsp3) is 1.00. The summed E-state index contributed by atoms with van der Waals surface area (Å²) in [7, 11) is 0. The molecule has 3 N–H and O–H groups in total. The first-order valence-electron chi connectivity index (χ1n) is 9.93. The summed E-state index contributed by atoms with van der Waals surface area (Å²) in [6, 6.07) is 0. The second-order valence-electron chi connectivity index (χ2n) is 5.80. The van der Waals surface area contributed by atoms with Gasteiger partial charge in [-0.05, 0) is 38.9 Å². The van der Waals surface area contributed by atoms with Crippen LogP contribution in [0.25, 0.3) is 0 Å². The second kappa shape index (κ2) is 24.7. The van der Waals surface area contributed by atoms with E-state index in [1.54, 1.807) is 0 Å². The van der Waals surface area contributed by atoms with E-state index in [9.17, 15) is 0 Å². The summed E-state index contributed by atoms with van der Waals surface area (Å²) in [6.45, 7) is 10.3. The number of hydrogen-bond donors (Lipinski definition) is 3. The summed E-state index contributed by atoms with van der Waals surface area (Å²) in [6.07, 6.45) is 8.09. The zero-order valence-electron chi connectivity index (χ0n) is 17.1. The van der Waals surface area contributed by atoms with Gasteiger partial charge >= 0.3 is 0 Å².